The average molecular weight is 384 g/mol. The smallest absolute Gasteiger partial charge is 0.339 e. The van der Waals surface area contributed by atoms with Crippen LogP contribution >= 0.6 is 0 Å². The van der Waals surface area contributed by atoms with Gasteiger partial charge in [-0.3, -0.25) is 9.59 Å². The summed E-state index contributed by atoms with van der Waals surface area (Å²) >= 11 is 0. The van der Waals surface area contributed by atoms with Crippen LogP contribution in [0, 0.1) is 11.7 Å². The molecule has 1 aliphatic heterocycles. The molecule has 0 saturated carbocycles. The van der Waals surface area contributed by atoms with Crippen LogP contribution in [0.15, 0.2) is 48.5 Å². The molecule has 1 saturated heterocycles. The number of hydrogen-bond donors (Lipinski definition) is 1. The first-order chi connectivity index (χ1) is 13.5. The molecular formula is C21H21FN2O4. The largest absolute Gasteiger partial charge is 0.465 e. The molecule has 1 fully saturated rings. The molecule has 0 bridgehead atoms. The molecule has 0 aromatic heterocycles. The summed E-state index contributed by atoms with van der Waals surface area (Å²) in [6, 6.07) is 13.0. The third-order valence-corrected chi connectivity index (χ3v) is 4.75. The predicted molar refractivity (Wildman–Crippen MR) is 101 cm³/mol. The number of ether oxygens (including phenoxy) is 1. The maximum atomic E-state index is 13.6. The molecule has 0 spiro atoms. The lowest BCUT2D eigenvalue weighted by molar-refractivity contribution is -0.126. The summed E-state index contributed by atoms with van der Waals surface area (Å²) in [5, 5.41) is 2.77. The minimum absolute atomic E-state index is 0.0566. The van der Waals surface area contributed by atoms with Gasteiger partial charge in [0.05, 0.1) is 24.3 Å². The molecule has 1 heterocycles. The van der Waals surface area contributed by atoms with Gasteiger partial charge in [0, 0.05) is 19.5 Å². The zero-order chi connectivity index (χ0) is 20.1. The van der Waals surface area contributed by atoms with Crippen molar-refractivity contribution in [2.24, 2.45) is 5.92 Å². The van der Waals surface area contributed by atoms with E-state index < -0.39 is 11.9 Å². The molecule has 1 aliphatic rings. The summed E-state index contributed by atoms with van der Waals surface area (Å²) < 4.78 is 18.4. The van der Waals surface area contributed by atoms with E-state index in [0.29, 0.717) is 17.7 Å². The Morgan fingerprint density at radius 1 is 1.18 bits per heavy atom. The highest BCUT2D eigenvalue weighted by atomic mass is 19.1. The van der Waals surface area contributed by atoms with Gasteiger partial charge in [0.15, 0.2) is 0 Å². The normalized spacial score (nSPS) is 16.1. The van der Waals surface area contributed by atoms with E-state index in [-0.39, 0.29) is 42.7 Å². The zero-order valence-corrected chi connectivity index (χ0v) is 15.5. The third-order valence-electron chi connectivity index (χ3n) is 4.75. The molecule has 28 heavy (non-hydrogen) atoms. The van der Waals surface area contributed by atoms with Crippen molar-refractivity contribution < 1.29 is 23.5 Å². The number of benzene rings is 2. The van der Waals surface area contributed by atoms with Crippen molar-refractivity contribution in [1.29, 1.82) is 0 Å². The van der Waals surface area contributed by atoms with Gasteiger partial charge in [0.1, 0.15) is 5.82 Å². The van der Waals surface area contributed by atoms with Crippen LogP contribution in [0.25, 0.3) is 0 Å². The van der Waals surface area contributed by atoms with Gasteiger partial charge >= 0.3 is 5.97 Å². The highest BCUT2D eigenvalue weighted by Crippen LogP contribution is 2.28. The molecule has 146 valence electrons. The molecular weight excluding hydrogens is 363 g/mol. The number of rotatable bonds is 6. The number of hydrogen-bond acceptors (Lipinski definition) is 4. The Balaban J connectivity index is 1.62. The molecule has 1 atom stereocenters. The highest BCUT2D eigenvalue weighted by molar-refractivity contribution is 6.05. The number of anilines is 1. The first-order valence-corrected chi connectivity index (χ1v) is 9.00. The molecule has 1 unspecified atom stereocenters. The number of methoxy groups -OCH3 is 1. The minimum atomic E-state index is -0.541. The Morgan fingerprint density at radius 2 is 1.89 bits per heavy atom. The van der Waals surface area contributed by atoms with Crippen molar-refractivity contribution >= 4 is 23.5 Å². The molecule has 7 heteroatoms. The van der Waals surface area contributed by atoms with E-state index in [9.17, 15) is 18.8 Å². The van der Waals surface area contributed by atoms with Gasteiger partial charge in [-0.1, -0.05) is 30.3 Å². The summed E-state index contributed by atoms with van der Waals surface area (Å²) in [6.07, 6.45) is 0.426. The van der Waals surface area contributed by atoms with Crippen LogP contribution in [0.5, 0.6) is 0 Å². The van der Waals surface area contributed by atoms with Gasteiger partial charge in [0.2, 0.25) is 11.8 Å². The van der Waals surface area contributed by atoms with Crippen LogP contribution in [0.3, 0.4) is 0 Å². The molecule has 2 amide bonds. The minimum Gasteiger partial charge on any atom is -0.465 e. The maximum Gasteiger partial charge on any atom is 0.339 e. The monoisotopic (exact) mass is 384 g/mol. The summed E-state index contributed by atoms with van der Waals surface area (Å²) in [6.45, 7) is 0.460. The van der Waals surface area contributed by atoms with E-state index in [1.807, 2.05) is 0 Å². The molecule has 2 aromatic rings. The van der Waals surface area contributed by atoms with Crippen LogP contribution < -0.4 is 10.2 Å². The molecule has 6 nitrogen and oxygen atoms in total. The number of amides is 2. The fraction of sp³-hybridized carbons (Fsp3) is 0.286. The Labute approximate surface area is 162 Å². The van der Waals surface area contributed by atoms with Crippen molar-refractivity contribution in [3.63, 3.8) is 0 Å². The lowest BCUT2D eigenvalue weighted by atomic mass is 10.1. The van der Waals surface area contributed by atoms with Gasteiger partial charge in [-0.25, -0.2) is 9.18 Å². The third kappa shape index (κ3) is 4.19. The van der Waals surface area contributed by atoms with Crippen molar-refractivity contribution in [3.8, 4) is 0 Å². The van der Waals surface area contributed by atoms with E-state index in [0.717, 1.165) is 0 Å². The molecule has 0 aliphatic carbocycles. The van der Waals surface area contributed by atoms with Crippen molar-refractivity contribution in [2.75, 3.05) is 25.1 Å². The van der Waals surface area contributed by atoms with E-state index in [1.54, 1.807) is 42.5 Å². The number of carbonyl (C=O) groups excluding carboxylic acids is 3. The van der Waals surface area contributed by atoms with E-state index in [4.69, 9.17) is 4.74 Å². The second-order valence-corrected chi connectivity index (χ2v) is 6.55. The van der Waals surface area contributed by atoms with Gasteiger partial charge in [-0.15, -0.1) is 0 Å². The number of esters is 1. The quantitative estimate of drug-likeness (QED) is 0.776. The number of nitrogens with one attached hydrogen (secondary N) is 1. The Bertz CT molecular complexity index is 899. The van der Waals surface area contributed by atoms with Crippen molar-refractivity contribution in [3.05, 3.63) is 65.5 Å². The van der Waals surface area contributed by atoms with Crippen LogP contribution in [-0.4, -0.2) is 38.0 Å². The van der Waals surface area contributed by atoms with Crippen molar-refractivity contribution in [2.45, 2.75) is 12.8 Å². The van der Waals surface area contributed by atoms with Gasteiger partial charge in [-0.05, 0) is 30.2 Å². The number of nitrogens with zero attached hydrogens (tertiary/aromatic N) is 1. The SMILES string of the molecule is COC(=O)c1ccccc1N1CC(C(=O)NCCc2ccccc2F)CC1=O. The van der Waals surface area contributed by atoms with Crippen molar-refractivity contribution in [1.82, 2.24) is 5.32 Å². The van der Waals surface area contributed by atoms with Crippen LogP contribution in [0.1, 0.15) is 22.3 Å². The zero-order valence-electron chi connectivity index (χ0n) is 15.5. The number of halogens is 1. The Morgan fingerprint density at radius 3 is 2.64 bits per heavy atom. The second-order valence-electron chi connectivity index (χ2n) is 6.55. The molecule has 0 radical (unpaired) electrons. The molecule has 2 aromatic carbocycles. The van der Waals surface area contributed by atoms with E-state index in [2.05, 4.69) is 5.32 Å². The van der Waals surface area contributed by atoms with Gasteiger partial charge in [0.25, 0.3) is 0 Å². The fourth-order valence-corrected chi connectivity index (χ4v) is 3.27. The van der Waals surface area contributed by atoms with Crippen LogP contribution in [0.4, 0.5) is 10.1 Å². The standard InChI is InChI=1S/C21H21FN2O4/c1-28-21(27)16-7-3-5-9-18(16)24-13-15(12-19(24)25)20(26)23-11-10-14-6-2-4-8-17(14)22/h2-9,15H,10-13H2,1H3,(H,23,26). The maximum absolute atomic E-state index is 13.6. The highest BCUT2D eigenvalue weighted by Gasteiger charge is 2.36. The Kier molecular flexibility index (Phi) is 6.03. The lowest BCUT2D eigenvalue weighted by Gasteiger charge is -2.19. The average Bonchev–Trinajstić information content (AvgIpc) is 3.10. The molecule has 3 rings (SSSR count). The first kappa shape index (κ1) is 19.5. The lowest BCUT2D eigenvalue weighted by Crippen LogP contribution is -2.34. The van der Waals surface area contributed by atoms with Crippen LogP contribution in [0.2, 0.25) is 0 Å². The number of carbonyl (C=O) groups is 3. The van der Waals surface area contributed by atoms with Crippen LogP contribution in [-0.2, 0) is 20.7 Å². The summed E-state index contributed by atoms with van der Waals surface area (Å²) in [5.41, 5.74) is 1.24. The first-order valence-electron chi connectivity index (χ1n) is 9.00. The fourth-order valence-electron chi connectivity index (χ4n) is 3.27. The topological polar surface area (TPSA) is 75.7 Å². The van der Waals surface area contributed by atoms with Gasteiger partial charge < -0.3 is 15.0 Å². The predicted octanol–water partition coefficient (Wildman–Crippen LogP) is 2.32. The van der Waals surface area contributed by atoms with E-state index in [1.165, 1.54) is 18.1 Å². The van der Waals surface area contributed by atoms with Gasteiger partial charge in [-0.2, -0.15) is 0 Å². The number of para-hydroxylation sites is 1. The Hall–Kier alpha value is -3.22. The summed E-state index contributed by atoms with van der Waals surface area (Å²) in [4.78, 5) is 38.3. The summed E-state index contributed by atoms with van der Waals surface area (Å²) in [7, 11) is 1.27. The molecule has 1 N–H and O–H groups in total. The second kappa shape index (κ2) is 8.65. The summed E-state index contributed by atoms with van der Waals surface area (Å²) in [5.74, 6) is -1.87. The van der Waals surface area contributed by atoms with E-state index >= 15 is 0 Å².